The molecule has 0 bridgehead atoms. The van der Waals surface area contributed by atoms with Gasteiger partial charge < -0.3 is 4.57 Å². The summed E-state index contributed by atoms with van der Waals surface area (Å²) < 4.78 is 3.50. The molecule has 5 heteroatoms. The van der Waals surface area contributed by atoms with Gasteiger partial charge in [0.2, 0.25) is 0 Å². The molecule has 2 aromatic heterocycles. The fourth-order valence-electron chi connectivity index (χ4n) is 2.01. The second-order valence-corrected chi connectivity index (χ2v) is 6.57. The number of thiophene rings is 1. The molecule has 20 heavy (non-hydrogen) atoms. The van der Waals surface area contributed by atoms with Crippen LogP contribution >= 0.6 is 33.9 Å². The average Bonchev–Trinajstić information content (AvgIpc) is 2.92. The molecular weight excluding hydrogens is 385 g/mol. The predicted octanol–water partition coefficient (Wildman–Crippen LogP) is 3.55. The summed E-state index contributed by atoms with van der Waals surface area (Å²) in [4.78, 5) is 24.4. The zero-order valence-electron chi connectivity index (χ0n) is 10.4. The number of rotatable bonds is 3. The molecule has 3 aromatic rings. The number of carbonyl (C=O) groups excluding carboxylic acids is 1. The Morgan fingerprint density at radius 2 is 1.90 bits per heavy atom. The maximum absolute atomic E-state index is 12.2. The van der Waals surface area contributed by atoms with Crippen molar-refractivity contribution in [2.75, 3.05) is 0 Å². The van der Waals surface area contributed by atoms with Gasteiger partial charge in [0, 0.05) is 20.0 Å². The van der Waals surface area contributed by atoms with Crippen LogP contribution in [0.25, 0.3) is 10.1 Å². The van der Waals surface area contributed by atoms with E-state index in [0.29, 0.717) is 10.9 Å². The Balaban J connectivity index is 1.93. The second kappa shape index (κ2) is 5.49. The smallest absolute Gasteiger partial charge is 0.259 e. The Hall–Kier alpha value is -1.47. The third-order valence-corrected chi connectivity index (χ3v) is 4.67. The Kier molecular flexibility index (Phi) is 3.71. The molecular formula is C15H10INO2S. The minimum atomic E-state index is -0.109. The van der Waals surface area contributed by atoms with E-state index in [-0.39, 0.29) is 17.9 Å². The minimum absolute atomic E-state index is 0.0573. The number of hydrogen-bond donors (Lipinski definition) is 0. The number of nitrogens with zero attached hydrogens (tertiary/aromatic N) is 1. The van der Waals surface area contributed by atoms with Crippen molar-refractivity contribution in [2.45, 2.75) is 6.54 Å². The van der Waals surface area contributed by atoms with Crippen LogP contribution in [0.1, 0.15) is 10.4 Å². The number of halogens is 1. The molecule has 0 aliphatic heterocycles. The van der Waals surface area contributed by atoms with Crippen LogP contribution in [-0.4, -0.2) is 10.4 Å². The lowest BCUT2D eigenvalue weighted by molar-refractivity contribution is 0.0971. The summed E-state index contributed by atoms with van der Waals surface area (Å²) in [5, 5.41) is 2.56. The van der Waals surface area contributed by atoms with E-state index in [2.05, 4.69) is 22.6 Å². The van der Waals surface area contributed by atoms with Crippen molar-refractivity contribution in [3.8, 4) is 0 Å². The lowest BCUT2D eigenvalue weighted by Gasteiger charge is -2.05. The van der Waals surface area contributed by atoms with Gasteiger partial charge in [-0.2, -0.15) is 0 Å². The zero-order valence-corrected chi connectivity index (χ0v) is 13.3. The van der Waals surface area contributed by atoms with Crippen LogP contribution in [0.4, 0.5) is 0 Å². The number of carbonyl (C=O) groups is 1. The highest BCUT2D eigenvalue weighted by Gasteiger charge is 2.09. The molecule has 0 amide bonds. The van der Waals surface area contributed by atoms with Crippen molar-refractivity contribution in [3.63, 3.8) is 0 Å². The largest absolute Gasteiger partial charge is 0.307 e. The molecule has 0 N–H and O–H groups in total. The van der Waals surface area contributed by atoms with Crippen LogP contribution < -0.4 is 5.56 Å². The molecule has 2 heterocycles. The van der Waals surface area contributed by atoms with E-state index in [1.54, 1.807) is 24.4 Å². The number of Topliss-reactive ketones (excluding diaryl/α,β-unsaturated/α-hetero) is 1. The van der Waals surface area contributed by atoms with Gasteiger partial charge in [0.05, 0.1) is 11.9 Å². The van der Waals surface area contributed by atoms with Crippen molar-refractivity contribution in [3.05, 3.63) is 67.5 Å². The Morgan fingerprint density at radius 1 is 1.15 bits per heavy atom. The van der Waals surface area contributed by atoms with E-state index in [9.17, 15) is 9.59 Å². The lowest BCUT2D eigenvalue weighted by Crippen LogP contribution is -2.23. The van der Waals surface area contributed by atoms with E-state index in [0.717, 1.165) is 8.27 Å². The number of pyridine rings is 1. The summed E-state index contributed by atoms with van der Waals surface area (Å²) >= 11 is 3.72. The van der Waals surface area contributed by atoms with Crippen LogP contribution in [0.15, 0.2) is 52.8 Å². The normalized spacial score (nSPS) is 10.8. The van der Waals surface area contributed by atoms with Crippen molar-refractivity contribution >= 4 is 49.8 Å². The highest BCUT2D eigenvalue weighted by Crippen LogP contribution is 2.16. The topological polar surface area (TPSA) is 39.1 Å². The molecule has 0 fully saturated rings. The van der Waals surface area contributed by atoms with Crippen molar-refractivity contribution in [1.29, 1.82) is 0 Å². The van der Waals surface area contributed by atoms with Crippen LogP contribution in [0.5, 0.6) is 0 Å². The summed E-state index contributed by atoms with van der Waals surface area (Å²) in [6.07, 6.45) is 1.69. The minimum Gasteiger partial charge on any atom is -0.307 e. The molecule has 0 saturated carbocycles. The van der Waals surface area contributed by atoms with Gasteiger partial charge in [0.1, 0.15) is 0 Å². The Morgan fingerprint density at radius 3 is 2.65 bits per heavy atom. The van der Waals surface area contributed by atoms with E-state index < -0.39 is 0 Å². The molecule has 3 rings (SSSR count). The van der Waals surface area contributed by atoms with E-state index in [4.69, 9.17) is 0 Å². The maximum atomic E-state index is 12.2. The van der Waals surface area contributed by atoms with Crippen LogP contribution in [0.3, 0.4) is 0 Å². The molecule has 0 aliphatic carbocycles. The second-order valence-electron chi connectivity index (χ2n) is 4.38. The van der Waals surface area contributed by atoms with Gasteiger partial charge in [-0.25, -0.2) is 0 Å². The highest BCUT2D eigenvalue weighted by atomic mass is 127. The van der Waals surface area contributed by atoms with Gasteiger partial charge in [-0.15, -0.1) is 11.3 Å². The quantitative estimate of drug-likeness (QED) is 0.503. The first kappa shape index (κ1) is 13.5. The van der Waals surface area contributed by atoms with Gasteiger partial charge in [-0.05, 0) is 52.2 Å². The number of aromatic nitrogens is 1. The zero-order chi connectivity index (χ0) is 14.1. The average molecular weight is 395 g/mol. The monoisotopic (exact) mass is 395 g/mol. The molecule has 3 nitrogen and oxygen atoms in total. The third-order valence-electron chi connectivity index (χ3n) is 3.07. The molecule has 0 radical (unpaired) electrons. The summed E-state index contributed by atoms with van der Waals surface area (Å²) in [5.41, 5.74) is 0.519. The number of fused-ring (bicyclic) bond motifs is 1. The van der Waals surface area contributed by atoms with Gasteiger partial charge in [0.25, 0.3) is 5.56 Å². The van der Waals surface area contributed by atoms with E-state index >= 15 is 0 Å². The van der Waals surface area contributed by atoms with Gasteiger partial charge >= 0.3 is 0 Å². The fourth-order valence-corrected chi connectivity index (χ4v) is 3.15. The number of ketones is 1. The third kappa shape index (κ3) is 2.55. The molecule has 1 aromatic carbocycles. The first-order valence-corrected chi connectivity index (χ1v) is 7.96. The SMILES string of the molecule is O=C(Cn1ccc2sccc2c1=O)c1ccc(I)cc1. The first-order valence-electron chi connectivity index (χ1n) is 6.00. The van der Waals surface area contributed by atoms with E-state index in [1.807, 2.05) is 23.6 Å². The van der Waals surface area contributed by atoms with E-state index in [1.165, 1.54) is 15.9 Å². The summed E-state index contributed by atoms with van der Waals surface area (Å²) in [6.45, 7) is 0.0746. The van der Waals surface area contributed by atoms with Crippen LogP contribution in [0.2, 0.25) is 0 Å². The Labute approximate surface area is 133 Å². The summed E-state index contributed by atoms with van der Waals surface area (Å²) in [5.74, 6) is -0.0573. The number of hydrogen-bond acceptors (Lipinski definition) is 3. The van der Waals surface area contributed by atoms with Crippen molar-refractivity contribution < 1.29 is 4.79 Å². The lowest BCUT2D eigenvalue weighted by atomic mass is 10.1. The van der Waals surface area contributed by atoms with Gasteiger partial charge in [0.15, 0.2) is 5.78 Å². The number of benzene rings is 1. The molecule has 0 spiro atoms. The Bertz CT molecular complexity index is 833. The van der Waals surface area contributed by atoms with Gasteiger partial charge in [-0.1, -0.05) is 12.1 Å². The van der Waals surface area contributed by atoms with Crippen molar-refractivity contribution in [2.24, 2.45) is 0 Å². The molecule has 0 unspecified atom stereocenters. The summed E-state index contributed by atoms with van der Waals surface area (Å²) in [7, 11) is 0. The molecule has 0 saturated heterocycles. The molecule has 0 aliphatic rings. The molecule has 100 valence electrons. The van der Waals surface area contributed by atoms with Gasteiger partial charge in [-0.3, -0.25) is 9.59 Å². The highest BCUT2D eigenvalue weighted by molar-refractivity contribution is 14.1. The molecule has 0 atom stereocenters. The standard InChI is InChI=1S/C15H10INO2S/c16-11-3-1-10(2-4-11)13(18)9-17-7-5-14-12(15(17)19)6-8-20-14/h1-8H,9H2. The van der Waals surface area contributed by atoms with Crippen LogP contribution in [-0.2, 0) is 6.54 Å². The van der Waals surface area contributed by atoms with Crippen LogP contribution in [0, 0.1) is 3.57 Å². The first-order chi connectivity index (χ1) is 9.65. The predicted molar refractivity (Wildman–Crippen MR) is 89.6 cm³/mol. The fraction of sp³-hybridized carbons (Fsp3) is 0.0667. The maximum Gasteiger partial charge on any atom is 0.259 e. The summed E-state index contributed by atoms with van der Waals surface area (Å²) in [6, 6.07) is 11.0. The van der Waals surface area contributed by atoms with Crippen molar-refractivity contribution in [1.82, 2.24) is 4.57 Å².